The number of carbonyl (C=O) groups is 1. The molecular weight excluding hydrogens is 412 g/mol. The van der Waals surface area contributed by atoms with E-state index in [1.807, 2.05) is 84.9 Å². The van der Waals surface area contributed by atoms with Crippen molar-refractivity contribution in [1.29, 1.82) is 0 Å². The summed E-state index contributed by atoms with van der Waals surface area (Å²) in [4.78, 5) is 14.5. The van der Waals surface area contributed by atoms with Crippen LogP contribution in [0.3, 0.4) is 0 Å². The predicted molar refractivity (Wildman–Crippen MR) is 122 cm³/mol. The van der Waals surface area contributed by atoms with Crippen molar-refractivity contribution in [2.24, 2.45) is 0 Å². The van der Waals surface area contributed by atoms with E-state index in [0.717, 1.165) is 27.4 Å². The van der Waals surface area contributed by atoms with Crippen LogP contribution in [0.15, 0.2) is 84.9 Å². The second-order valence-electron chi connectivity index (χ2n) is 7.25. The maximum Gasteiger partial charge on any atom is 0.242 e. The zero-order valence-corrected chi connectivity index (χ0v) is 18.5. The summed E-state index contributed by atoms with van der Waals surface area (Å²) in [5.41, 5.74) is 2.70. The average molecular weight is 439 g/mol. The highest BCUT2D eigenvalue weighted by molar-refractivity contribution is 7.88. The van der Waals surface area contributed by atoms with Crippen molar-refractivity contribution in [2.45, 2.75) is 13.2 Å². The van der Waals surface area contributed by atoms with Gasteiger partial charge in [0, 0.05) is 12.7 Å². The van der Waals surface area contributed by atoms with E-state index in [0.29, 0.717) is 18.8 Å². The van der Waals surface area contributed by atoms with Crippen LogP contribution in [-0.4, -0.2) is 38.5 Å². The third kappa shape index (κ3) is 6.67. The van der Waals surface area contributed by atoms with Crippen LogP contribution in [0, 0.1) is 0 Å². The van der Waals surface area contributed by atoms with Crippen molar-refractivity contribution in [1.82, 2.24) is 4.31 Å². The second kappa shape index (κ2) is 10.2. The highest BCUT2D eigenvalue weighted by atomic mass is 32.2. The summed E-state index contributed by atoms with van der Waals surface area (Å²) in [5, 5.41) is 0. The van der Waals surface area contributed by atoms with Crippen LogP contribution in [0.1, 0.15) is 11.1 Å². The molecule has 162 valence electrons. The summed E-state index contributed by atoms with van der Waals surface area (Å²) >= 11 is 0. The van der Waals surface area contributed by atoms with Crippen LogP contribution in [0.25, 0.3) is 0 Å². The molecule has 0 bridgehead atoms. The summed E-state index contributed by atoms with van der Waals surface area (Å²) in [5.74, 6) is 0.436. The van der Waals surface area contributed by atoms with Crippen molar-refractivity contribution >= 4 is 21.6 Å². The van der Waals surface area contributed by atoms with Gasteiger partial charge in [-0.1, -0.05) is 60.7 Å². The van der Waals surface area contributed by atoms with Crippen molar-refractivity contribution in [3.8, 4) is 5.75 Å². The number of carbonyl (C=O) groups excluding carboxylic acids is 1. The summed E-state index contributed by atoms with van der Waals surface area (Å²) in [6.45, 7) is 0.568. The highest BCUT2D eigenvalue weighted by Gasteiger charge is 2.21. The van der Waals surface area contributed by atoms with Gasteiger partial charge in [0.05, 0.1) is 19.3 Å². The molecule has 31 heavy (non-hydrogen) atoms. The molecule has 7 heteroatoms. The third-order valence-corrected chi connectivity index (χ3v) is 6.07. The Hall–Kier alpha value is -3.16. The fraction of sp³-hybridized carbons (Fsp3) is 0.208. The normalized spacial score (nSPS) is 11.3. The van der Waals surface area contributed by atoms with Crippen molar-refractivity contribution in [3.63, 3.8) is 0 Å². The van der Waals surface area contributed by atoms with E-state index < -0.39 is 10.0 Å². The van der Waals surface area contributed by atoms with E-state index in [2.05, 4.69) is 0 Å². The van der Waals surface area contributed by atoms with Crippen molar-refractivity contribution in [3.05, 3.63) is 96.1 Å². The van der Waals surface area contributed by atoms with Gasteiger partial charge in [-0.25, -0.2) is 8.42 Å². The molecule has 0 aliphatic heterocycles. The van der Waals surface area contributed by atoms with Gasteiger partial charge in [-0.2, -0.15) is 4.31 Å². The summed E-state index contributed by atoms with van der Waals surface area (Å²) in [7, 11) is -2.05. The Balaban J connectivity index is 1.71. The Bertz CT molecular complexity index is 1090. The first kappa shape index (κ1) is 22.5. The molecule has 3 aromatic carbocycles. The number of para-hydroxylation sites is 1. The van der Waals surface area contributed by atoms with Crippen LogP contribution >= 0.6 is 0 Å². The molecule has 0 unspecified atom stereocenters. The molecule has 0 aromatic heterocycles. The van der Waals surface area contributed by atoms with Gasteiger partial charge in [0.2, 0.25) is 15.9 Å². The standard InChI is InChI=1S/C24H26N2O4S/c1-25(31(2,28)29)18-24(27)26(22-11-7-4-8-12-22)17-20-13-15-23(16-14-20)30-19-21-9-5-3-6-10-21/h3-16H,17-19H2,1-2H3. The number of sulfonamides is 1. The van der Waals surface area contributed by atoms with E-state index >= 15 is 0 Å². The largest absolute Gasteiger partial charge is 0.489 e. The number of hydrogen-bond donors (Lipinski definition) is 0. The Morgan fingerprint density at radius 1 is 0.839 bits per heavy atom. The Kier molecular flexibility index (Phi) is 7.44. The topological polar surface area (TPSA) is 66.9 Å². The van der Waals surface area contributed by atoms with Crippen LogP contribution in [-0.2, 0) is 28.0 Å². The van der Waals surface area contributed by atoms with Gasteiger partial charge in [0.15, 0.2) is 0 Å². The number of hydrogen-bond acceptors (Lipinski definition) is 4. The number of benzene rings is 3. The van der Waals surface area contributed by atoms with E-state index in [1.165, 1.54) is 7.05 Å². The SMILES string of the molecule is CN(CC(=O)N(Cc1ccc(OCc2ccccc2)cc1)c1ccccc1)S(C)(=O)=O. The Labute approximate surface area is 183 Å². The summed E-state index contributed by atoms with van der Waals surface area (Å²) in [6.07, 6.45) is 1.08. The number of ether oxygens (including phenoxy) is 1. The molecule has 0 aliphatic rings. The van der Waals surface area contributed by atoms with Crippen molar-refractivity contribution in [2.75, 3.05) is 24.7 Å². The minimum absolute atomic E-state index is 0.230. The number of anilines is 1. The Morgan fingerprint density at radius 2 is 1.42 bits per heavy atom. The first-order valence-corrected chi connectivity index (χ1v) is 11.7. The van der Waals surface area contributed by atoms with E-state index in [9.17, 15) is 13.2 Å². The van der Waals surface area contributed by atoms with Crippen LogP contribution in [0.2, 0.25) is 0 Å². The van der Waals surface area contributed by atoms with Crippen LogP contribution in [0.4, 0.5) is 5.69 Å². The van der Waals surface area contributed by atoms with Crippen LogP contribution in [0.5, 0.6) is 5.75 Å². The van der Waals surface area contributed by atoms with Gasteiger partial charge in [-0.3, -0.25) is 4.79 Å². The lowest BCUT2D eigenvalue weighted by Gasteiger charge is -2.25. The minimum atomic E-state index is -3.45. The molecule has 6 nitrogen and oxygen atoms in total. The average Bonchev–Trinajstić information content (AvgIpc) is 2.77. The molecule has 0 saturated carbocycles. The van der Waals surface area contributed by atoms with Crippen LogP contribution < -0.4 is 9.64 Å². The maximum absolute atomic E-state index is 12.9. The summed E-state index contributed by atoms with van der Waals surface area (Å²) in [6, 6.07) is 26.7. The minimum Gasteiger partial charge on any atom is -0.489 e. The molecule has 0 atom stereocenters. The molecule has 0 heterocycles. The number of rotatable bonds is 9. The van der Waals surface area contributed by atoms with E-state index in [4.69, 9.17) is 4.74 Å². The lowest BCUT2D eigenvalue weighted by molar-refractivity contribution is -0.118. The fourth-order valence-electron chi connectivity index (χ4n) is 2.94. The molecule has 0 saturated heterocycles. The summed E-state index contributed by atoms with van der Waals surface area (Å²) < 4.78 is 30.3. The zero-order valence-electron chi connectivity index (χ0n) is 17.6. The molecule has 0 spiro atoms. The quantitative estimate of drug-likeness (QED) is 0.511. The van der Waals surface area contributed by atoms with Gasteiger partial charge in [0.25, 0.3) is 0 Å². The molecule has 0 aliphatic carbocycles. The molecule has 0 radical (unpaired) electrons. The van der Waals surface area contributed by atoms with Gasteiger partial charge in [-0.05, 0) is 35.4 Å². The van der Waals surface area contributed by atoms with Gasteiger partial charge < -0.3 is 9.64 Å². The maximum atomic E-state index is 12.9. The zero-order chi connectivity index (χ0) is 22.3. The lowest BCUT2D eigenvalue weighted by Crippen LogP contribution is -2.40. The molecule has 1 amide bonds. The van der Waals surface area contributed by atoms with Gasteiger partial charge in [0.1, 0.15) is 12.4 Å². The lowest BCUT2D eigenvalue weighted by atomic mass is 10.1. The van der Waals surface area contributed by atoms with Crippen molar-refractivity contribution < 1.29 is 17.9 Å². The molecule has 3 rings (SSSR count). The van der Waals surface area contributed by atoms with E-state index in [-0.39, 0.29) is 12.5 Å². The monoisotopic (exact) mass is 438 g/mol. The number of likely N-dealkylation sites (N-methyl/N-ethyl adjacent to an activating group) is 1. The predicted octanol–water partition coefficient (Wildman–Crippen LogP) is 3.69. The smallest absolute Gasteiger partial charge is 0.242 e. The number of nitrogens with zero attached hydrogens (tertiary/aromatic N) is 2. The number of amides is 1. The van der Waals surface area contributed by atoms with Gasteiger partial charge >= 0.3 is 0 Å². The third-order valence-electron chi connectivity index (χ3n) is 4.81. The highest BCUT2D eigenvalue weighted by Crippen LogP contribution is 2.20. The molecule has 0 fully saturated rings. The molecule has 0 N–H and O–H groups in total. The first-order chi connectivity index (χ1) is 14.8. The first-order valence-electron chi connectivity index (χ1n) is 9.85. The van der Waals surface area contributed by atoms with Gasteiger partial charge in [-0.15, -0.1) is 0 Å². The second-order valence-corrected chi connectivity index (χ2v) is 9.34. The molecular formula is C24H26N2O4S. The molecule has 3 aromatic rings. The van der Waals surface area contributed by atoms with E-state index in [1.54, 1.807) is 4.90 Å². The fourth-order valence-corrected chi connectivity index (χ4v) is 3.28. The Morgan fingerprint density at radius 3 is 2.00 bits per heavy atom.